The molecule has 7 N–H and O–H groups in total. The predicted molar refractivity (Wildman–Crippen MR) is 65.6 cm³/mol. The number of aliphatic imine (C=N–C) groups is 1. The summed E-state index contributed by atoms with van der Waals surface area (Å²) in [6.45, 7) is 0.637. The number of carboxylic acid groups (broad SMARTS) is 1. The second kappa shape index (κ2) is 6.20. The van der Waals surface area contributed by atoms with Gasteiger partial charge in [0, 0.05) is 25.6 Å². The van der Waals surface area contributed by atoms with Gasteiger partial charge in [-0.2, -0.15) is 0 Å². The lowest BCUT2D eigenvalue weighted by Crippen LogP contribution is -2.43. The van der Waals surface area contributed by atoms with Gasteiger partial charge in [-0.25, -0.2) is 4.79 Å². The maximum Gasteiger partial charge on any atom is 0.326 e. The molecular formula is C10H19N5O3. The fourth-order valence-electron chi connectivity index (χ4n) is 1.97. The van der Waals surface area contributed by atoms with Crippen LogP contribution < -0.4 is 17.2 Å². The van der Waals surface area contributed by atoms with Crippen LogP contribution in [0.5, 0.6) is 0 Å². The molecule has 18 heavy (non-hydrogen) atoms. The molecule has 0 aliphatic carbocycles. The van der Waals surface area contributed by atoms with Crippen LogP contribution in [0.15, 0.2) is 4.99 Å². The van der Waals surface area contributed by atoms with Gasteiger partial charge in [0.15, 0.2) is 5.96 Å². The van der Waals surface area contributed by atoms with Crippen LogP contribution >= 0.6 is 0 Å². The Morgan fingerprint density at radius 3 is 2.67 bits per heavy atom. The highest BCUT2D eigenvalue weighted by Crippen LogP contribution is 2.16. The summed E-state index contributed by atoms with van der Waals surface area (Å²) in [5, 5.41) is 9.13. The minimum Gasteiger partial charge on any atom is -0.480 e. The second-order valence-electron chi connectivity index (χ2n) is 4.31. The number of carbonyl (C=O) groups is 2. The van der Waals surface area contributed by atoms with E-state index in [1.54, 1.807) is 0 Å². The number of likely N-dealkylation sites (tertiary alicyclic amines) is 1. The highest BCUT2D eigenvalue weighted by Gasteiger charge is 2.35. The number of guanidine groups is 1. The summed E-state index contributed by atoms with van der Waals surface area (Å²) < 4.78 is 0. The first-order valence-corrected chi connectivity index (χ1v) is 5.75. The zero-order chi connectivity index (χ0) is 13.7. The molecule has 0 saturated carbocycles. The van der Waals surface area contributed by atoms with Crippen LogP contribution in [0.2, 0.25) is 0 Å². The molecule has 1 aliphatic heterocycles. The highest BCUT2D eigenvalue weighted by atomic mass is 16.4. The van der Waals surface area contributed by atoms with Gasteiger partial charge >= 0.3 is 5.97 Å². The second-order valence-corrected chi connectivity index (χ2v) is 4.31. The van der Waals surface area contributed by atoms with Crippen molar-refractivity contribution in [1.29, 1.82) is 0 Å². The summed E-state index contributed by atoms with van der Waals surface area (Å²) in [5.41, 5.74) is 16.0. The quantitative estimate of drug-likeness (QED) is 0.247. The Balaban J connectivity index is 2.53. The molecule has 102 valence electrons. The van der Waals surface area contributed by atoms with Crippen molar-refractivity contribution in [3.8, 4) is 0 Å². The van der Waals surface area contributed by atoms with Gasteiger partial charge < -0.3 is 27.2 Å². The van der Waals surface area contributed by atoms with Crippen LogP contribution in [0.4, 0.5) is 0 Å². The van der Waals surface area contributed by atoms with Crippen LogP contribution in [-0.4, -0.2) is 53.0 Å². The molecule has 1 amide bonds. The van der Waals surface area contributed by atoms with Gasteiger partial charge in [-0.3, -0.25) is 9.79 Å². The Kier molecular flexibility index (Phi) is 4.90. The molecule has 1 aliphatic rings. The van der Waals surface area contributed by atoms with E-state index in [0.717, 1.165) is 0 Å². The van der Waals surface area contributed by atoms with E-state index in [4.69, 9.17) is 22.3 Å². The van der Waals surface area contributed by atoms with Crippen LogP contribution in [0.3, 0.4) is 0 Å². The lowest BCUT2D eigenvalue weighted by atomic mass is 10.1. The van der Waals surface area contributed by atoms with Crippen molar-refractivity contribution in [3.63, 3.8) is 0 Å². The van der Waals surface area contributed by atoms with E-state index in [1.165, 1.54) is 4.90 Å². The average Bonchev–Trinajstić information content (AvgIpc) is 2.56. The largest absolute Gasteiger partial charge is 0.480 e. The van der Waals surface area contributed by atoms with E-state index in [-0.39, 0.29) is 30.9 Å². The molecule has 0 bridgehead atoms. The number of hydrogen-bond donors (Lipinski definition) is 4. The van der Waals surface area contributed by atoms with Gasteiger partial charge in [-0.05, 0) is 12.8 Å². The molecular weight excluding hydrogens is 238 g/mol. The molecule has 1 unspecified atom stereocenters. The molecule has 0 spiro atoms. The Bertz CT molecular complexity index is 353. The Labute approximate surface area is 105 Å². The van der Waals surface area contributed by atoms with Gasteiger partial charge in [0.05, 0.1) is 0 Å². The predicted octanol–water partition coefficient (Wildman–Crippen LogP) is -1.95. The Morgan fingerprint density at radius 2 is 2.22 bits per heavy atom. The third-order valence-electron chi connectivity index (χ3n) is 2.78. The van der Waals surface area contributed by atoms with Crippen molar-refractivity contribution < 1.29 is 14.7 Å². The third-order valence-corrected chi connectivity index (χ3v) is 2.78. The number of aliphatic carboxylic acids is 1. The minimum atomic E-state index is -1.03. The molecule has 0 aromatic carbocycles. The summed E-state index contributed by atoms with van der Waals surface area (Å²) >= 11 is 0. The van der Waals surface area contributed by atoms with Gasteiger partial charge in [-0.15, -0.1) is 0 Å². The SMILES string of the molecule is NC(N)=NCCC[C@@H](C(=O)O)N1CC(N)CC1=O. The van der Waals surface area contributed by atoms with Crippen molar-refractivity contribution in [3.05, 3.63) is 0 Å². The van der Waals surface area contributed by atoms with E-state index < -0.39 is 12.0 Å². The molecule has 1 saturated heterocycles. The monoisotopic (exact) mass is 257 g/mol. The molecule has 1 rings (SSSR count). The van der Waals surface area contributed by atoms with E-state index in [2.05, 4.69) is 4.99 Å². The van der Waals surface area contributed by atoms with Gasteiger partial charge in [0.2, 0.25) is 5.91 Å². The maximum atomic E-state index is 11.6. The van der Waals surface area contributed by atoms with Crippen molar-refractivity contribution in [1.82, 2.24) is 4.90 Å². The van der Waals surface area contributed by atoms with Gasteiger partial charge in [-0.1, -0.05) is 0 Å². The Morgan fingerprint density at radius 1 is 1.56 bits per heavy atom. The third kappa shape index (κ3) is 3.88. The number of amides is 1. The lowest BCUT2D eigenvalue weighted by Gasteiger charge is -2.24. The normalized spacial score (nSPS) is 20.8. The summed E-state index contributed by atoms with van der Waals surface area (Å²) in [6, 6.07) is -1.13. The molecule has 1 fully saturated rings. The molecule has 8 heteroatoms. The van der Waals surface area contributed by atoms with Crippen LogP contribution in [0, 0.1) is 0 Å². The summed E-state index contributed by atoms with van der Waals surface area (Å²) in [5.74, 6) is -1.26. The standard InChI is InChI=1S/C10H19N5O3/c11-6-4-8(16)15(5-6)7(9(17)18)2-1-3-14-10(12)13/h6-7H,1-5,11H2,(H,17,18)(H4,12,13,14)/t6?,7-/m0/s1. The first kappa shape index (κ1) is 14.2. The smallest absolute Gasteiger partial charge is 0.326 e. The van der Waals surface area contributed by atoms with E-state index in [9.17, 15) is 9.59 Å². The molecule has 0 radical (unpaired) electrons. The molecule has 2 atom stereocenters. The summed E-state index contributed by atoms with van der Waals surface area (Å²) in [6.07, 6.45) is 1.01. The van der Waals surface area contributed by atoms with Crippen molar-refractivity contribution >= 4 is 17.8 Å². The first-order chi connectivity index (χ1) is 8.41. The number of carbonyl (C=O) groups excluding carboxylic acids is 1. The summed E-state index contributed by atoms with van der Waals surface area (Å²) in [4.78, 5) is 27.8. The molecule has 8 nitrogen and oxygen atoms in total. The molecule has 0 aromatic rings. The first-order valence-electron chi connectivity index (χ1n) is 5.75. The van der Waals surface area contributed by atoms with Gasteiger partial charge in [0.25, 0.3) is 0 Å². The fraction of sp³-hybridized carbons (Fsp3) is 0.700. The minimum absolute atomic E-state index is 0.0267. The fourth-order valence-corrected chi connectivity index (χ4v) is 1.97. The number of carboxylic acids is 1. The van der Waals surface area contributed by atoms with Crippen molar-refractivity contribution in [2.75, 3.05) is 13.1 Å². The zero-order valence-electron chi connectivity index (χ0n) is 10.1. The zero-order valence-corrected chi connectivity index (χ0v) is 10.1. The number of nitrogens with zero attached hydrogens (tertiary/aromatic N) is 2. The van der Waals surface area contributed by atoms with E-state index in [0.29, 0.717) is 19.4 Å². The topological polar surface area (TPSA) is 148 Å². The molecule has 0 aromatic heterocycles. The number of rotatable bonds is 6. The lowest BCUT2D eigenvalue weighted by molar-refractivity contribution is -0.148. The highest BCUT2D eigenvalue weighted by molar-refractivity contribution is 5.85. The van der Waals surface area contributed by atoms with Crippen LogP contribution in [0.25, 0.3) is 0 Å². The summed E-state index contributed by atoms with van der Waals surface area (Å²) in [7, 11) is 0. The maximum absolute atomic E-state index is 11.6. The van der Waals surface area contributed by atoms with Crippen molar-refractivity contribution in [2.45, 2.75) is 31.3 Å². The van der Waals surface area contributed by atoms with Gasteiger partial charge in [0.1, 0.15) is 6.04 Å². The van der Waals surface area contributed by atoms with Crippen LogP contribution in [0.1, 0.15) is 19.3 Å². The number of hydrogen-bond acceptors (Lipinski definition) is 4. The van der Waals surface area contributed by atoms with Crippen LogP contribution in [-0.2, 0) is 9.59 Å². The van der Waals surface area contributed by atoms with E-state index >= 15 is 0 Å². The Hall–Kier alpha value is -1.83. The van der Waals surface area contributed by atoms with Crippen molar-refractivity contribution in [2.24, 2.45) is 22.2 Å². The number of nitrogens with two attached hydrogens (primary N) is 3. The molecule has 1 heterocycles. The van der Waals surface area contributed by atoms with E-state index in [1.807, 2.05) is 0 Å². The average molecular weight is 257 g/mol.